The van der Waals surface area contributed by atoms with Gasteiger partial charge in [-0.1, -0.05) is 30.0 Å². The van der Waals surface area contributed by atoms with E-state index in [9.17, 15) is 14.7 Å². The molecule has 1 amide bonds. The highest BCUT2D eigenvalue weighted by Gasteiger charge is 2.43. The fourth-order valence-corrected chi connectivity index (χ4v) is 5.54. The molecule has 1 unspecified atom stereocenters. The second-order valence-corrected chi connectivity index (χ2v) is 8.06. The number of benzene rings is 1. The number of fused-ring (bicyclic) bond motifs is 1. The highest BCUT2D eigenvalue weighted by Crippen LogP contribution is 2.46. The maximum absolute atomic E-state index is 11.6. The van der Waals surface area contributed by atoms with Crippen molar-refractivity contribution >= 4 is 35.4 Å². The van der Waals surface area contributed by atoms with E-state index in [1.54, 1.807) is 10.9 Å². The third-order valence-electron chi connectivity index (χ3n) is 3.84. The molecule has 2 atom stereocenters. The molecule has 1 fully saturated rings. The summed E-state index contributed by atoms with van der Waals surface area (Å²) in [6.07, 6.45) is 3.64. The number of para-hydroxylation sites is 1. The number of nitrogens with zero attached hydrogens (tertiary/aromatic N) is 3. The van der Waals surface area contributed by atoms with Crippen molar-refractivity contribution in [3.63, 3.8) is 0 Å². The minimum Gasteiger partial charge on any atom is -0.478 e. The van der Waals surface area contributed by atoms with Gasteiger partial charge in [0, 0.05) is 6.20 Å². The van der Waals surface area contributed by atoms with Crippen LogP contribution in [-0.4, -0.2) is 41.6 Å². The number of carboxylic acids is 1. The van der Waals surface area contributed by atoms with Crippen molar-refractivity contribution in [2.45, 2.75) is 21.4 Å². The van der Waals surface area contributed by atoms with Gasteiger partial charge in [-0.2, -0.15) is 5.10 Å². The van der Waals surface area contributed by atoms with Crippen LogP contribution in [0.2, 0.25) is 0 Å². The Kier molecular flexibility index (Phi) is 3.85. The number of aromatic nitrogens is 2. The number of hydrogen-bond acceptors (Lipinski definition) is 5. The smallest absolute Gasteiger partial charge is 0.335 e. The Labute approximate surface area is 146 Å². The molecular weight excluding hydrogens is 346 g/mol. The Morgan fingerprint density at radius 3 is 2.79 bits per heavy atom. The van der Waals surface area contributed by atoms with Crippen molar-refractivity contribution in [1.29, 1.82) is 0 Å². The number of rotatable bonds is 4. The van der Waals surface area contributed by atoms with Gasteiger partial charge >= 0.3 is 5.97 Å². The molecule has 0 spiro atoms. The minimum absolute atomic E-state index is 0.0240. The standard InChI is InChI=1S/C16H13N3O3S2/c20-12-8-14-18(12)9-11(15(21)22)16(24-14)23-13-6-7-17-19(13)10-4-2-1-3-5-10/h1-7,9,14,16H,8H2,(H,21,22)/t14-,16?/m1/s1. The number of hydrogen-bond donors (Lipinski definition) is 1. The number of β-lactam (4-membered cyclic amide) rings is 1. The second-order valence-electron chi connectivity index (χ2n) is 5.35. The largest absolute Gasteiger partial charge is 0.478 e. The molecule has 4 rings (SSSR count). The average Bonchev–Trinajstić information content (AvgIpc) is 3.03. The summed E-state index contributed by atoms with van der Waals surface area (Å²) in [6.45, 7) is 0. The van der Waals surface area contributed by atoms with Gasteiger partial charge in [0.1, 0.15) is 5.03 Å². The summed E-state index contributed by atoms with van der Waals surface area (Å²) in [5.74, 6) is -1.02. The van der Waals surface area contributed by atoms with Gasteiger partial charge in [0.15, 0.2) is 0 Å². The average molecular weight is 359 g/mol. The van der Waals surface area contributed by atoms with Crippen molar-refractivity contribution in [2.75, 3.05) is 0 Å². The first-order chi connectivity index (χ1) is 11.6. The van der Waals surface area contributed by atoms with E-state index in [4.69, 9.17) is 0 Å². The van der Waals surface area contributed by atoms with Crippen LogP contribution >= 0.6 is 23.5 Å². The highest BCUT2D eigenvalue weighted by molar-refractivity contribution is 8.17. The van der Waals surface area contributed by atoms with Gasteiger partial charge in [0.05, 0.1) is 33.8 Å². The van der Waals surface area contributed by atoms with Gasteiger partial charge in [-0.3, -0.25) is 4.79 Å². The van der Waals surface area contributed by atoms with E-state index in [-0.39, 0.29) is 21.4 Å². The molecule has 3 heterocycles. The molecule has 0 aliphatic carbocycles. The Bertz CT molecular complexity index is 834. The number of amides is 1. The van der Waals surface area contributed by atoms with E-state index in [1.807, 2.05) is 36.4 Å². The lowest BCUT2D eigenvalue weighted by Gasteiger charge is -2.43. The third kappa shape index (κ3) is 2.61. The van der Waals surface area contributed by atoms with Crippen LogP contribution in [0.25, 0.3) is 5.69 Å². The third-order valence-corrected chi connectivity index (χ3v) is 6.69. The molecule has 2 aliphatic heterocycles. The number of thioether (sulfide) groups is 2. The van der Waals surface area contributed by atoms with Gasteiger partial charge in [0.2, 0.25) is 5.91 Å². The fraction of sp³-hybridized carbons (Fsp3) is 0.188. The summed E-state index contributed by atoms with van der Waals surface area (Å²) in [6, 6.07) is 11.6. The predicted octanol–water partition coefficient (Wildman–Crippen LogP) is 2.56. The van der Waals surface area contributed by atoms with Gasteiger partial charge < -0.3 is 10.0 Å². The monoisotopic (exact) mass is 359 g/mol. The van der Waals surface area contributed by atoms with E-state index < -0.39 is 5.97 Å². The molecule has 2 aromatic rings. The summed E-state index contributed by atoms with van der Waals surface area (Å²) < 4.78 is 1.51. The van der Waals surface area contributed by atoms with Crippen molar-refractivity contribution in [3.8, 4) is 5.69 Å². The molecule has 6 nitrogen and oxygen atoms in total. The Hall–Kier alpha value is -2.19. The maximum Gasteiger partial charge on any atom is 0.335 e. The van der Waals surface area contributed by atoms with E-state index in [2.05, 4.69) is 5.10 Å². The molecule has 0 bridgehead atoms. The van der Waals surface area contributed by atoms with Crippen molar-refractivity contribution in [1.82, 2.24) is 14.7 Å². The number of carbonyl (C=O) groups is 2. The van der Waals surface area contributed by atoms with Crippen LogP contribution in [0.5, 0.6) is 0 Å². The summed E-state index contributed by atoms with van der Waals surface area (Å²) in [5.41, 5.74) is 1.15. The van der Waals surface area contributed by atoms with Gasteiger partial charge in [-0.05, 0) is 18.2 Å². The molecule has 0 saturated carbocycles. The van der Waals surface area contributed by atoms with E-state index in [0.717, 1.165) is 10.7 Å². The zero-order chi connectivity index (χ0) is 16.7. The Morgan fingerprint density at radius 1 is 1.29 bits per heavy atom. The van der Waals surface area contributed by atoms with Crippen LogP contribution in [0.3, 0.4) is 0 Å². The van der Waals surface area contributed by atoms with E-state index >= 15 is 0 Å². The topological polar surface area (TPSA) is 75.4 Å². The lowest BCUT2D eigenvalue weighted by Crippen LogP contribution is -2.50. The normalized spacial score (nSPS) is 22.6. The fourth-order valence-electron chi connectivity index (χ4n) is 2.60. The van der Waals surface area contributed by atoms with Crippen LogP contribution in [0.15, 0.2) is 59.4 Å². The second kappa shape index (κ2) is 6.03. The molecule has 1 aromatic carbocycles. The quantitative estimate of drug-likeness (QED) is 0.846. The Balaban J connectivity index is 1.63. The molecule has 1 saturated heterocycles. The van der Waals surface area contributed by atoms with Crippen LogP contribution in [0, 0.1) is 0 Å². The van der Waals surface area contributed by atoms with Crippen LogP contribution < -0.4 is 0 Å². The first kappa shape index (κ1) is 15.3. The maximum atomic E-state index is 11.6. The lowest BCUT2D eigenvalue weighted by atomic mass is 10.2. The Morgan fingerprint density at radius 2 is 2.08 bits per heavy atom. The zero-order valence-electron chi connectivity index (χ0n) is 12.4. The lowest BCUT2D eigenvalue weighted by molar-refractivity contribution is -0.137. The SMILES string of the molecule is O=C(O)C1=CN2C(=O)C[C@H]2SC1Sc1ccnn1-c1ccccc1. The predicted molar refractivity (Wildman–Crippen MR) is 91.8 cm³/mol. The molecule has 24 heavy (non-hydrogen) atoms. The zero-order valence-corrected chi connectivity index (χ0v) is 14.0. The summed E-state index contributed by atoms with van der Waals surface area (Å²) in [5, 5.41) is 14.7. The number of aliphatic carboxylic acids is 1. The number of carbonyl (C=O) groups excluding carboxylic acids is 1. The van der Waals surface area contributed by atoms with Crippen LogP contribution in [-0.2, 0) is 9.59 Å². The minimum atomic E-state index is -0.996. The van der Waals surface area contributed by atoms with E-state index in [1.165, 1.54) is 34.6 Å². The van der Waals surface area contributed by atoms with E-state index in [0.29, 0.717) is 6.42 Å². The van der Waals surface area contributed by atoms with Crippen LogP contribution in [0.4, 0.5) is 0 Å². The van der Waals surface area contributed by atoms with Crippen molar-refractivity contribution in [3.05, 3.63) is 54.4 Å². The highest BCUT2D eigenvalue weighted by atomic mass is 32.2. The van der Waals surface area contributed by atoms with Gasteiger partial charge in [0.25, 0.3) is 0 Å². The van der Waals surface area contributed by atoms with Gasteiger partial charge in [-0.25, -0.2) is 9.48 Å². The molecule has 122 valence electrons. The molecule has 1 N–H and O–H groups in total. The first-order valence-electron chi connectivity index (χ1n) is 7.31. The molecule has 2 aliphatic rings. The van der Waals surface area contributed by atoms with Crippen LogP contribution in [0.1, 0.15) is 6.42 Å². The first-order valence-corrected chi connectivity index (χ1v) is 9.13. The van der Waals surface area contributed by atoms with Crippen molar-refractivity contribution in [2.24, 2.45) is 0 Å². The van der Waals surface area contributed by atoms with Gasteiger partial charge in [-0.15, -0.1) is 11.8 Å². The van der Waals surface area contributed by atoms with Crippen molar-refractivity contribution < 1.29 is 14.7 Å². The molecule has 0 radical (unpaired) electrons. The summed E-state index contributed by atoms with van der Waals surface area (Å²) >= 11 is 2.95. The molecular formula is C16H13N3O3S2. The summed E-state index contributed by atoms with van der Waals surface area (Å²) in [7, 11) is 0. The molecule has 1 aromatic heterocycles. The summed E-state index contributed by atoms with van der Waals surface area (Å²) in [4.78, 5) is 24.6. The molecule has 8 heteroatoms. The number of carboxylic acid groups (broad SMARTS) is 1.